The summed E-state index contributed by atoms with van der Waals surface area (Å²) in [6, 6.07) is 13.0. The Kier molecular flexibility index (Phi) is 6.89. The topological polar surface area (TPSA) is 39.7 Å². The quantitative estimate of drug-likeness (QED) is 0.624. The molecule has 0 saturated heterocycles. The van der Waals surface area contributed by atoms with Crippen molar-refractivity contribution in [2.75, 3.05) is 27.7 Å². The molecule has 0 spiro atoms. The number of aliphatic imine (C=N–C) groups is 1. The van der Waals surface area contributed by atoms with Crippen LogP contribution in [0.4, 0.5) is 8.78 Å². The lowest BCUT2D eigenvalue weighted by Gasteiger charge is -2.26. The highest BCUT2D eigenvalue weighted by atomic mass is 19.1. The van der Waals surface area contributed by atoms with E-state index in [1.807, 2.05) is 31.1 Å². The fourth-order valence-corrected chi connectivity index (χ4v) is 2.56. The van der Waals surface area contributed by atoms with Gasteiger partial charge >= 0.3 is 0 Å². The molecule has 0 radical (unpaired) electrons. The highest BCUT2D eigenvalue weighted by Crippen LogP contribution is 2.18. The Bertz CT molecular complexity index is 716. The molecule has 1 unspecified atom stereocenters. The number of guanidine groups is 1. The van der Waals surface area contributed by atoms with Gasteiger partial charge in [0.05, 0.1) is 6.04 Å². The Hall–Kier alpha value is -2.47. The number of nitrogens with zero attached hydrogens (tertiary/aromatic N) is 2. The summed E-state index contributed by atoms with van der Waals surface area (Å²) in [4.78, 5) is 6.19. The third-order valence-corrected chi connectivity index (χ3v) is 3.89. The molecular formula is C19H24F2N4. The third-order valence-electron chi connectivity index (χ3n) is 3.89. The second-order valence-electron chi connectivity index (χ2n) is 5.97. The van der Waals surface area contributed by atoms with Crippen LogP contribution in [0.5, 0.6) is 0 Å². The minimum Gasteiger partial charge on any atom is -0.354 e. The van der Waals surface area contributed by atoms with Crippen LogP contribution in [-0.2, 0) is 6.54 Å². The number of benzene rings is 2. The van der Waals surface area contributed by atoms with Gasteiger partial charge in [0.25, 0.3) is 0 Å². The average molecular weight is 346 g/mol. The first-order valence-electron chi connectivity index (χ1n) is 8.10. The molecule has 134 valence electrons. The molecule has 2 rings (SSSR count). The van der Waals surface area contributed by atoms with Crippen LogP contribution < -0.4 is 10.6 Å². The predicted octanol–water partition coefficient (Wildman–Crippen LogP) is 2.93. The maximum Gasteiger partial charge on any atom is 0.191 e. The lowest BCUT2D eigenvalue weighted by atomic mass is 10.1. The highest BCUT2D eigenvalue weighted by molar-refractivity contribution is 5.79. The van der Waals surface area contributed by atoms with E-state index in [-0.39, 0.29) is 17.7 Å². The van der Waals surface area contributed by atoms with Crippen molar-refractivity contribution >= 4 is 5.96 Å². The standard InChI is InChI=1S/C19H24F2N4/c1-22-19(23-12-14-6-4-8-16(20)10-14)24-13-18(25(2)3)15-7-5-9-17(21)11-15/h4-11,18H,12-13H2,1-3H3,(H2,22,23,24). The second-order valence-corrected chi connectivity index (χ2v) is 5.97. The molecule has 2 aromatic carbocycles. The first-order chi connectivity index (χ1) is 12.0. The van der Waals surface area contributed by atoms with E-state index in [0.717, 1.165) is 11.1 Å². The van der Waals surface area contributed by atoms with Crippen LogP contribution in [-0.4, -0.2) is 38.5 Å². The van der Waals surface area contributed by atoms with Gasteiger partial charge in [0.2, 0.25) is 0 Å². The Morgan fingerprint density at radius 1 is 1.04 bits per heavy atom. The highest BCUT2D eigenvalue weighted by Gasteiger charge is 2.15. The van der Waals surface area contributed by atoms with Crippen LogP contribution in [0.25, 0.3) is 0 Å². The van der Waals surface area contributed by atoms with Gasteiger partial charge < -0.3 is 15.5 Å². The summed E-state index contributed by atoms with van der Waals surface area (Å²) in [6.07, 6.45) is 0. The zero-order valence-corrected chi connectivity index (χ0v) is 14.8. The Balaban J connectivity index is 1.96. The summed E-state index contributed by atoms with van der Waals surface area (Å²) >= 11 is 0. The number of likely N-dealkylation sites (N-methyl/N-ethyl adjacent to an activating group) is 1. The zero-order valence-electron chi connectivity index (χ0n) is 14.8. The van der Waals surface area contributed by atoms with E-state index >= 15 is 0 Å². The first-order valence-corrected chi connectivity index (χ1v) is 8.10. The van der Waals surface area contributed by atoms with Crippen molar-refractivity contribution in [3.63, 3.8) is 0 Å². The minimum atomic E-state index is -0.263. The summed E-state index contributed by atoms with van der Waals surface area (Å²) in [5, 5.41) is 6.38. The van der Waals surface area contributed by atoms with Crippen LogP contribution in [0.3, 0.4) is 0 Å². The number of rotatable bonds is 6. The molecule has 6 heteroatoms. The fourth-order valence-electron chi connectivity index (χ4n) is 2.56. The van der Waals surface area contributed by atoms with Gasteiger partial charge in [0.15, 0.2) is 5.96 Å². The number of hydrogen-bond acceptors (Lipinski definition) is 2. The molecule has 1 atom stereocenters. The molecule has 4 nitrogen and oxygen atoms in total. The van der Waals surface area contributed by atoms with E-state index in [4.69, 9.17) is 0 Å². The van der Waals surface area contributed by atoms with Crippen molar-refractivity contribution in [1.82, 2.24) is 15.5 Å². The van der Waals surface area contributed by atoms with Crippen LogP contribution in [0.15, 0.2) is 53.5 Å². The number of halogens is 2. The van der Waals surface area contributed by atoms with E-state index in [0.29, 0.717) is 19.0 Å². The zero-order chi connectivity index (χ0) is 18.2. The summed E-state index contributed by atoms with van der Waals surface area (Å²) in [7, 11) is 5.56. The molecule has 0 bridgehead atoms. The Morgan fingerprint density at radius 2 is 1.72 bits per heavy atom. The molecule has 0 aliphatic heterocycles. The van der Waals surface area contributed by atoms with Crippen molar-refractivity contribution in [3.05, 3.63) is 71.3 Å². The van der Waals surface area contributed by atoms with Crippen molar-refractivity contribution in [1.29, 1.82) is 0 Å². The molecule has 0 heterocycles. The van der Waals surface area contributed by atoms with Crippen LogP contribution in [0.2, 0.25) is 0 Å². The monoisotopic (exact) mass is 346 g/mol. The maximum atomic E-state index is 13.5. The molecule has 0 aliphatic rings. The van der Waals surface area contributed by atoms with Gasteiger partial charge in [-0.3, -0.25) is 4.99 Å². The van der Waals surface area contributed by atoms with Crippen molar-refractivity contribution in [3.8, 4) is 0 Å². The van der Waals surface area contributed by atoms with Gasteiger partial charge in [-0.25, -0.2) is 8.78 Å². The van der Waals surface area contributed by atoms with Gasteiger partial charge in [0.1, 0.15) is 11.6 Å². The van der Waals surface area contributed by atoms with Crippen molar-refractivity contribution in [2.24, 2.45) is 4.99 Å². The van der Waals surface area contributed by atoms with Crippen LogP contribution in [0, 0.1) is 11.6 Å². The Morgan fingerprint density at radius 3 is 2.32 bits per heavy atom. The van der Waals surface area contributed by atoms with E-state index in [1.54, 1.807) is 19.2 Å². The number of nitrogens with one attached hydrogen (secondary N) is 2. The van der Waals surface area contributed by atoms with Crippen LogP contribution in [0.1, 0.15) is 17.2 Å². The van der Waals surface area contributed by atoms with Gasteiger partial charge in [-0.1, -0.05) is 24.3 Å². The molecular weight excluding hydrogens is 322 g/mol. The average Bonchev–Trinajstić information content (AvgIpc) is 2.57. The summed E-state index contributed by atoms with van der Waals surface area (Å²) in [5.74, 6) is 0.0894. The number of hydrogen-bond donors (Lipinski definition) is 2. The molecule has 25 heavy (non-hydrogen) atoms. The van der Waals surface area contributed by atoms with Gasteiger partial charge in [0, 0.05) is 20.1 Å². The molecule has 0 saturated carbocycles. The van der Waals surface area contributed by atoms with Gasteiger partial charge in [-0.2, -0.15) is 0 Å². The molecule has 0 aliphatic carbocycles. The maximum absolute atomic E-state index is 13.5. The van der Waals surface area contributed by atoms with E-state index in [1.165, 1.54) is 24.3 Å². The molecule has 2 N–H and O–H groups in total. The normalized spacial score (nSPS) is 13.0. The lowest BCUT2D eigenvalue weighted by Crippen LogP contribution is -2.41. The molecule has 0 amide bonds. The molecule has 0 fully saturated rings. The predicted molar refractivity (Wildman–Crippen MR) is 97.4 cm³/mol. The smallest absolute Gasteiger partial charge is 0.191 e. The summed E-state index contributed by atoms with van der Waals surface area (Å²) < 4.78 is 26.7. The van der Waals surface area contributed by atoms with Gasteiger partial charge in [-0.05, 0) is 49.5 Å². The van der Waals surface area contributed by atoms with Crippen molar-refractivity contribution < 1.29 is 8.78 Å². The second kappa shape index (κ2) is 9.13. The van der Waals surface area contributed by atoms with E-state index < -0.39 is 0 Å². The molecule has 0 aromatic heterocycles. The SMILES string of the molecule is CN=C(NCc1cccc(F)c1)NCC(c1cccc(F)c1)N(C)C. The fraction of sp³-hybridized carbons (Fsp3) is 0.316. The molecule has 2 aromatic rings. The van der Waals surface area contributed by atoms with Gasteiger partial charge in [-0.15, -0.1) is 0 Å². The first kappa shape index (κ1) is 18.9. The van der Waals surface area contributed by atoms with E-state index in [2.05, 4.69) is 15.6 Å². The van der Waals surface area contributed by atoms with Crippen LogP contribution >= 0.6 is 0 Å². The summed E-state index contributed by atoms with van der Waals surface area (Å²) in [5.41, 5.74) is 1.72. The summed E-state index contributed by atoms with van der Waals surface area (Å²) in [6.45, 7) is 1.02. The third kappa shape index (κ3) is 5.83. The van der Waals surface area contributed by atoms with E-state index in [9.17, 15) is 8.78 Å². The lowest BCUT2D eigenvalue weighted by molar-refractivity contribution is 0.297. The largest absolute Gasteiger partial charge is 0.354 e. The minimum absolute atomic E-state index is 0.0107. The Labute approximate surface area is 147 Å². The van der Waals surface area contributed by atoms with Crippen molar-refractivity contribution in [2.45, 2.75) is 12.6 Å².